The second-order valence-corrected chi connectivity index (χ2v) is 6.61. The minimum Gasteiger partial charge on any atom is -0.365 e. The van der Waals surface area contributed by atoms with E-state index in [2.05, 4.69) is 19.0 Å². The van der Waals surface area contributed by atoms with Crippen LogP contribution in [0.4, 0.5) is 4.39 Å². The minimum absolute atomic E-state index is 0.0157. The summed E-state index contributed by atoms with van der Waals surface area (Å²) in [6.45, 7) is 4.40. The highest BCUT2D eigenvalue weighted by Crippen LogP contribution is 2.23. The molecular weight excluding hydrogens is 323 g/mol. The van der Waals surface area contributed by atoms with E-state index in [0.717, 1.165) is 24.8 Å². The molecule has 25 heavy (non-hydrogen) atoms. The topological polar surface area (TPSA) is 55.6 Å². The number of ether oxygens (including phenoxy) is 1. The van der Waals surface area contributed by atoms with Gasteiger partial charge in [0.2, 0.25) is 5.91 Å². The molecule has 2 atom stereocenters. The van der Waals surface area contributed by atoms with E-state index in [1.807, 2.05) is 4.90 Å². The van der Waals surface area contributed by atoms with Crippen molar-refractivity contribution < 1.29 is 18.4 Å². The Balaban J connectivity index is 1.52. The molecule has 0 saturated carbocycles. The molecule has 1 fully saturated rings. The van der Waals surface area contributed by atoms with E-state index in [-0.39, 0.29) is 37.0 Å². The van der Waals surface area contributed by atoms with Crippen LogP contribution in [0.1, 0.15) is 38.8 Å². The number of hydrogen-bond donors (Lipinski definition) is 0. The highest BCUT2D eigenvalue weighted by atomic mass is 19.1. The molecule has 1 aliphatic heterocycles. The van der Waals surface area contributed by atoms with E-state index in [1.165, 1.54) is 12.1 Å². The predicted octanol–water partition coefficient (Wildman–Crippen LogP) is 3.79. The third kappa shape index (κ3) is 4.25. The monoisotopic (exact) mass is 346 g/mol. The van der Waals surface area contributed by atoms with E-state index in [1.54, 1.807) is 18.2 Å². The van der Waals surface area contributed by atoms with Crippen molar-refractivity contribution in [1.29, 1.82) is 0 Å². The van der Waals surface area contributed by atoms with Gasteiger partial charge < -0.3 is 14.2 Å². The van der Waals surface area contributed by atoms with Crippen molar-refractivity contribution in [2.75, 3.05) is 6.61 Å². The van der Waals surface area contributed by atoms with E-state index < -0.39 is 0 Å². The molecule has 5 nitrogen and oxygen atoms in total. The molecule has 1 aliphatic rings. The first-order valence-corrected chi connectivity index (χ1v) is 8.65. The van der Waals surface area contributed by atoms with Gasteiger partial charge in [-0.25, -0.2) is 4.39 Å². The van der Waals surface area contributed by atoms with Gasteiger partial charge in [0.15, 0.2) is 5.76 Å². The average Bonchev–Trinajstić information content (AvgIpc) is 3.04. The Bertz CT molecular complexity index is 704. The molecule has 1 amide bonds. The third-order valence-corrected chi connectivity index (χ3v) is 4.64. The van der Waals surface area contributed by atoms with Crippen LogP contribution in [0.3, 0.4) is 0 Å². The fourth-order valence-corrected chi connectivity index (χ4v) is 3.36. The normalized spacial score (nSPS) is 20.7. The SMILES string of the molecule is C[C@@H]1CCC[C@H](C)N1C(=O)COCc1cc(-c2ccc(F)cc2)on1. The maximum Gasteiger partial charge on any atom is 0.249 e. The van der Waals surface area contributed by atoms with Gasteiger partial charge in [0.25, 0.3) is 0 Å². The molecule has 0 aliphatic carbocycles. The minimum atomic E-state index is -0.300. The Kier molecular flexibility index (Phi) is 5.48. The molecule has 1 aromatic carbocycles. The maximum atomic E-state index is 13.0. The Hall–Kier alpha value is -2.21. The van der Waals surface area contributed by atoms with Gasteiger partial charge in [-0.1, -0.05) is 5.16 Å². The number of aromatic nitrogens is 1. The second kappa shape index (κ2) is 7.78. The summed E-state index contributed by atoms with van der Waals surface area (Å²) in [4.78, 5) is 14.3. The number of nitrogens with zero attached hydrogens (tertiary/aromatic N) is 2. The highest BCUT2D eigenvalue weighted by molar-refractivity contribution is 5.78. The quantitative estimate of drug-likeness (QED) is 0.827. The number of amides is 1. The number of carbonyl (C=O) groups is 1. The Labute approximate surface area is 146 Å². The lowest BCUT2D eigenvalue weighted by molar-refractivity contribution is -0.142. The lowest BCUT2D eigenvalue weighted by atomic mass is 9.97. The van der Waals surface area contributed by atoms with Crippen LogP contribution in [0.25, 0.3) is 11.3 Å². The molecule has 1 saturated heterocycles. The first kappa shape index (κ1) is 17.6. The van der Waals surface area contributed by atoms with Crippen LogP contribution in [-0.4, -0.2) is 34.7 Å². The van der Waals surface area contributed by atoms with Gasteiger partial charge in [0.1, 0.15) is 18.1 Å². The zero-order valence-corrected chi connectivity index (χ0v) is 14.6. The van der Waals surface area contributed by atoms with E-state index in [4.69, 9.17) is 9.26 Å². The number of carbonyl (C=O) groups excluding carboxylic acids is 1. The molecule has 2 heterocycles. The number of benzene rings is 1. The van der Waals surface area contributed by atoms with E-state index in [9.17, 15) is 9.18 Å². The molecule has 0 bridgehead atoms. The second-order valence-electron chi connectivity index (χ2n) is 6.61. The van der Waals surface area contributed by atoms with E-state index in [0.29, 0.717) is 11.5 Å². The molecule has 0 unspecified atom stereocenters. The van der Waals surface area contributed by atoms with Gasteiger partial charge in [-0.2, -0.15) is 0 Å². The Morgan fingerprint density at radius 1 is 1.28 bits per heavy atom. The van der Waals surface area contributed by atoms with Crippen molar-refractivity contribution in [3.8, 4) is 11.3 Å². The number of piperidine rings is 1. The summed E-state index contributed by atoms with van der Waals surface area (Å²) in [5.74, 6) is 0.261. The van der Waals surface area contributed by atoms with Crippen LogP contribution in [0.5, 0.6) is 0 Å². The van der Waals surface area contributed by atoms with Crippen LogP contribution in [-0.2, 0) is 16.1 Å². The summed E-state index contributed by atoms with van der Waals surface area (Å²) in [5, 5.41) is 3.94. The zero-order chi connectivity index (χ0) is 17.8. The first-order chi connectivity index (χ1) is 12.0. The first-order valence-electron chi connectivity index (χ1n) is 8.65. The largest absolute Gasteiger partial charge is 0.365 e. The molecule has 3 rings (SSSR count). The summed E-state index contributed by atoms with van der Waals surface area (Å²) in [7, 11) is 0. The maximum absolute atomic E-state index is 13.0. The number of halogens is 1. The van der Waals surface area contributed by atoms with Gasteiger partial charge in [0, 0.05) is 23.7 Å². The van der Waals surface area contributed by atoms with Crippen LogP contribution in [0.2, 0.25) is 0 Å². The van der Waals surface area contributed by atoms with Gasteiger partial charge in [-0.05, 0) is 57.4 Å². The summed E-state index contributed by atoms with van der Waals surface area (Å²) in [6.07, 6.45) is 3.25. The number of hydrogen-bond acceptors (Lipinski definition) is 4. The van der Waals surface area contributed by atoms with Crippen molar-refractivity contribution in [1.82, 2.24) is 10.1 Å². The molecule has 0 spiro atoms. The van der Waals surface area contributed by atoms with Crippen molar-refractivity contribution >= 4 is 5.91 Å². The van der Waals surface area contributed by atoms with Crippen molar-refractivity contribution in [2.45, 2.75) is 51.8 Å². The van der Waals surface area contributed by atoms with Crippen LogP contribution in [0, 0.1) is 5.82 Å². The summed E-state index contributed by atoms with van der Waals surface area (Å²) in [5.41, 5.74) is 1.35. The summed E-state index contributed by atoms with van der Waals surface area (Å²) in [6, 6.07) is 8.26. The number of likely N-dealkylation sites (tertiary alicyclic amines) is 1. The van der Waals surface area contributed by atoms with Crippen molar-refractivity contribution in [3.63, 3.8) is 0 Å². The third-order valence-electron chi connectivity index (χ3n) is 4.64. The molecule has 1 aromatic heterocycles. The van der Waals surface area contributed by atoms with Crippen molar-refractivity contribution in [3.05, 3.63) is 41.8 Å². The lowest BCUT2D eigenvalue weighted by Crippen LogP contribution is -2.48. The zero-order valence-electron chi connectivity index (χ0n) is 14.6. The summed E-state index contributed by atoms with van der Waals surface area (Å²) < 4.78 is 23.7. The van der Waals surface area contributed by atoms with Crippen LogP contribution >= 0.6 is 0 Å². The van der Waals surface area contributed by atoms with E-state index >= 15 is 0 Å². The number of rotatable bonds is 5. The van der Waals surface area contributed by atoms with Gasteiger partial charge in [-0.15, -0.1) is 0 Å². The Morgan fingerprint density at radius 2 is 1.96 bits per heavy atom. The fourth-order valence-electron chi connectivity index (χ4n) is 3.36. The average molecular weight is 346 g/mol. The molecule has 6 heteroatoms. The standard InChI is InChI=1S/C19H23FN2O3/c1-13-4-3-5-14(2)22(13)19(23)12-24-11-17-10-18(25-21-17)15-6-8-16(20)9-7-15/h6-10,13-14H,3-5,11-12H2,1-2H3/t13-,14+. The molecular formula is C19H23FN2O3. The molecule has 2 aromatic rings. The summed E-state index contributed by atoms with van der Waals surface area (Å²) >= 11 is 0. The van der Waals surface area contributed by atoms with Gasteiger partial charge >= 0.3 is 0 Å². The molecule has 0 radical (unpaired) electrons. The van der Waals surface area contributed by atoms with Crippen molar-refractivity contribution in [2.24, 2.45) is 0 Å². The van der Waals surface area contributed by atoms with Crippen LogP contribution in [0.15, 0.2) is 34.9 Å². The lowest BCUT2D eigenvalue weighted by Gasteiger charge is -2.39. The fraction of sp³-hybridized carbons (Fsp3) is 0.474. The molecule has 0 N–H and O–H groups in total. The predicted molar refractivity (Wildman–Crippen MR) is 91.2 cm³/mol. The Morgan fingerprint density at radius 3 is 2.64 bits per heavy atom. The smallest absolute Gasteiger partial charge is 0.249 e. The van der Waals surface area contributed by atoms with Crippen LogP contribution < -0.4 is 0 Å². The highest BCUT2D eigenvalue weighted by Gasteiger charge is 2.28. The van der Waals surface area contributed by atoms with Gasteiger partial charge in [-0.3, -0.25) is 4.79 Å². The van der Waals surface area contributed by atoms with Gasteiger partial charge in [0.05, 0.1) is 6.61 Å². The molecule has 134 valence electrons.